The Bertz CT molecular complexity index is 237. The van der Waals surface area contributed by atoms with Crippen LogP contribution in [0.15, 0.2) is 0 Å². The number of nitrogens with one attached hydrogen (secondary N) is 1. The van der Waals surface area contributed by atoms with Gasteiger partial charge in [-0.2, -0.15) is 0 Å². The molecule has 6 N–H and O–H groups in total. The normalized spacial score (nSPS) is 41.3. The summed E-state index contributed by atoms with van der Waals surface area (Å²) in [5.74, 6) is -0.382. The second-order valence-corrected chi connectivity index (χ2v) is 3.53. The van der Waals surface area contributed by atoms with Crippen LogP contribution in [0.1, 0.15) is 6.92 Å². The molecule has 7 heteroatoms. The Hall–Kier alpha value is -0.730. The van der Waals surface area contributed by atoms with Gasteiger partial charge in [-0.15, -0.1) is 0 Å². The van der Waals surface area contributed by atoms with Gasteiger partial charge in [0.1, 0.15) is 24.5 Å². The molecule has 0 aromatic heterocycles. The van der Waals surface area contributed by atoms with Gasteiger partial charge in [0.2, 0.25) is 5.91 Å². The van der Waals surface area contributed by atoms with Crippen molar-refractivity contribution in [1.29, 1.82) is 0 Å². The van der Waals surface area contributed by atoms with Crippen LogP contribution in [0.25, 0.3) is 0 Å². The van der Waals surface area contributed by atoms with Crippen LogP contribution in [0.2, 0.25) is 0 Å². The predicted molar refractivity (Wildman–Crippen MR) is 49.6 cm³/mol. The molecule has 15 heavy (non-hydrogen) atoms. The van der Waals surface area contributed by atoms with Crippen molar-refractivity contribution in [2.75, 3.05) is 6.61 Å². The van der Waals surface area contributed by atoms with Gasteiger partial charge in [0.05, 0.1) is 12.6 Å². The van der Waals surface area contributed by atoms with Crippen LogP contribution in [0.5, 0.6) is 0 Å². The summed E-state index contributed by atoms with van der Waals surface area (Å²) in [5, 5.41) is 30.3. The lowest BCUT2D eigenvalue weighted by molar-refractivity contribution is -0.193. The van der Waals surface area contributed by atoms with Crippen LogP contribution >= 0.6 is 0 Å². The number of rotatable bonds is 2. The lowest BCUT2D eigenvalue weighted by Gasteiger charge is -2.40. The fourth-order valence-corrected chi connectivity index (χ4v) is 1.55. The highest BCUT2D eigenvalue weighted by atomic mass is 16.5. The lowest BCUT2D eigenvalue weighted by Crippen LogP contribution is -2.66. The molecular weight excluding hydrogens is 204 g/mol. The van der Waals surface area contributed by atoms with Gasteiger partial charge < -0.3 is 31.1 Å². The third-order valence-electron chi connectivity index (χ3n) is 2.33. The van der Waals surface area contributed by atoms with Crippen molar-refractivity contribution in [3.8, 4) is 0 Å². The molecule has 0 saturated carbocycles. The van der Waals surface area contributed by atoms with Crippen LogP contribution < -0.4 is 11.1 Å². The first-order valence-electron chi connectivity index (χ1n) is 4.62. The molecule has 1 amide bonds. The number of hydrogen-bond donors (Lipinski definition) is 5. The molecule has 1 unspecified atom stereocenters. The highest BCUT2D eigenvalue weighted by Gasteiger charge is 2.42. The zero-order chi connectivity index (χ0) is 11.6. The second kappa shape index (κ2) is 4.86. The van der Waals surface area contributed by atoms with Crippen LogP contribution in [0.4, 0.5) is 0 Å². The molecule has 0 bridgehead atoms. The molecule has 88 valence electrons. The van der Waals surface area contributed by atoms with Crippen LogP contribution in [0.3, 0.4) is 0 Å². The quantitative estimate of drug-likeness (QED) is 0.335. The Kier molecular flexibility index (Phi) is 4.00. The Morgan fingerprint density at radius 2 is 2.07 bits per heavy atom. The van der Waals surface area contributed by atoms with Crippen LogP contribution in [-0.2, 0) is 9.53 Å². The molecule has 5 atom stereocenters. The number of nitrogens with two attached hydrogens (primary N) is 1. The van der Waals surface area contributed by atoms with E-state index in [4.69, 9.17) is 15.6 Å². The molecule has 1 heterocycles. The van der Waals surface area contributed by atoms with E-state index in [2.05, 4.69) is 5.32 Å². The zero-order valence-corrected chi connectivity index (χ0v) is 8.33. The summed E-state index contributed by atoms with van der Waals surface area (Å²) < 4.78 is 5.03. The Morgan fingerprint density at radius 1 is 1.47 bits per heavy atom. The van der Waals surface area contributed by atoms with E-state index in [1.807, 2.05) is 0 Å². The van der Waals surface area contributed by atoms with Gasteiger partial charge in [-0.05, 0) is 0 Å². The number of carbonyl (C=O) groups excluding carboxylic acids is 1. The molecule has 0 radical (unpaired) electrons. The molecular formula is C8H16N2O5. The van der Waals surface area contributed by atoms with Crippen LogP contribution in [-0.4, -0.2) is 58.4 Å². The molecule has 0 aliphatic carbocycles. The average molecular weight is 220 g/mol. The Balaban J connectivity index is 2.70. The minimum Gasteiger partial charge on any atom is -0.394 e. The zero-order valence-electron chi connectivity index (χ0n) is 8.33. The van der Waals surface area contributed by atoms with Crippen molar-refractivity contribution in [3.05, 3.63) is 0 Å². The molecule has 0 aromatic carbocycles. The molecule has 0 spiro atoms. The fraction of sp³-hybridized carbons (Fsp3) is 0.875. The summed E-state index contributed by atoms with van der Waals surface area (Å²) in [6, 6.07) is -0.875. The molecule has 1 aliphatic rings. The van der Waals surface area contributed by atoms with E-state index in [0.29, 0.717) is 0 Å². The van der Waals surface area contributed by atoms with Crippen molar-refractivity contribution >= 4 is 5.91 Å². The fourth-order valence-electron chi connectivity index (χ4n) is 1.55. The van der Waals surface area contributed by atoms with Gasteiger partial charge in [-0.1, -0.05) is 0 Å². The number of carbonyl (C=O) groups is 1. The maximum absolute atomic E-state index is 10.8. The minimum atomic E-state index is -1.27. The molecule has 7 nitrogen and oxygen atoms in total. The van der Waals surface area contributed by atoms with E-state index < -0.39 is 37.2 Å². The van der Waals surface area contributed by atoms with Gasteiger partial charge in [0.25, 0.3) is 0 Å². The van der Waals surface area contributed by atoms with E-state index in [1.54, 1.807) is 0 Å². The molecule has 1 saturated heterocycles. The molecule has 0 aromatic rings. The van der Waals surface area contributed by atoms with Crippen molar-refractivity contribution in [3.63, 3.8) is 0 Å². The number of hydrogen-bond acceptors (Lipinski definition) is 6. The van der Waals surface area contributed by atoms with Crippen molar-refractivity contribution in [2.45, 2.75) is 37.5 Å². The summed E-state index contributed by atoms with van der Waals surface area (Å²) in [4.78, 5) is 10.8. The number of aliphatic hydroxyl groups excluding tert-OH is 3. The highest BCUT2D eigenvalue weighted by molar-refractivity contribution is 5.73. The van der Waals surface area contributed by atoms with Crippen molar-refractivity contribution in [2.24, 2.45) is 5.73 Å². The highest BCUT2D eigenvalue weighted by Crippen LogP contribution is 2.18. The molecule has 1 rings (SSSR count). The third kappa shape index (κ3) is 2.64. The number of ether oxygens (including phenoxy) is 1. The number of aliphatic hydroxyl groups is 3. The first-order valence-corrected chi connectivity index (χ1v) is 4.62. The largest absolute Gasteiger partial charge is 0.394 e. The Labute approximate surface area is 86.8 Å². The van der Waals surface area contributed by atoms with E-state index in [0.717, 1.165) is 0 Å². The first-order chi connectivity index (χ1) is 6.97. The lowest BCUT2D eigenvalue weighted by atomic mass is 9.96. The maximum atomic E-state index is 10.8. The van der Waals surface area contributed by atoms with Gasteiger partial charge in [-0.3, -0.25) is 4.79 Å². The minimum absolute atomic E-state index is 0.382. The van der Waals surface area contributed by atoms with Gasteiger partial charge in [-0.25, -0.2) is 0 Å². The topological polar surface area (TPSA) is 125 Å². The standard InChI is InChI=1S/C8H16N2O5/c1-3(12)10-5-7(14)6(13)4(2-11)15-8(5)9/h4-8,11,13-14H,2,9H2,1H3,(H,10,12)/t4-,5?,6-,7-,8-/m1/s1. The predicted octanol–water partition coefficient (Wildman–Crippen LogP) is -3.11. The third-order valence-corrected chi connectivity index (χ3v) is 2.33. The van der Waals surface area contributed by atoms with Crippen molar-refractivity contribution < 1.29 is 24.9 Å². The first kappa shape index (κ1) is 12.3. The van der Waals surface area contributed by atoms with Gasteiger partial charge in [0.15, 0.2) is 0 Å². The van der Waals surface area contributed by atoms with Gasteiger partial charge in [0, 0.05) is 6.92 Å². The monoisotopic (exact) mass is 220 g/mol. The van der Waals surface area contributed by atoms with Gasteiger partial charge >= 0.3 is 0 Å². The number of amides is 1. The van der Waals surface area contributed by atoms with Crippen LogP contribution in [0, 0.1) is 0 Å². The smallest absolute Gasteiger partial charge is 0.217 e. The summed E-state index contributed by atoms with van der Waals surface area (Å²) in [6.45, 7) is 0.822. The van der Waals surface area contributed by atoms with Crippen molar-refractivity contribution in [1.82, 2.24) is 5.32 Å². The van der Waals surface area contributed by atoms with E-state index >= 15 is 0 Å². The van der Waals surface area contributed by atoms with E-state index in [-0.39, 0.29) is 5.91 Å². The summed E-state index contributed by atoms with van der Waals surface area (Å²) in [6.07, 6.45) is -4.41. The summed E-state index contributed by atoms with van der Waals surface area (Å²) in [5.41, 5.74) is 5.53. The SMILES string of the molecule is CC(=O)NC1[C@H](N)O[C@H](CO)[C@@H](O)[C@@H]1O. The summed E-state index contributed by atoms with van der Waals surface area (Å²) >= 11 is 0. The average Bonchev–Trinajstić information content (AvgIpc) is 2.18. The molecule has 1 aliphatic heterocycles. The molecule has 1 fully saturated rings. The van der Waals surface area contributed by atoms with E-state index in [9.17, 15) is 15.0 Å². The Morgan fingerprint density at radius 3 is 2.53 bits per heavy atom. The maximum Gasteiger partial charge on any atom is 0.217 e. The van der Waals surface area contributed by atoms with E-state index in [1.165, 1.54) is 6.92 Å². The second-order valence-electron chi connectivity index (χ2n) is 3.53. The summed E-state index contributed by atoms with van der Waals surface area (Å²) in [7, 11) is 0.